The first kappa shape index (κ1) is 11.0. The molecule has 0 bridgehead atoms. The van der Waals surface area contributed by atoms with Gasteiger partial charge >= 0.3 is 5.97 Å². The highest BCUT2D eigenvalue weighted by Gasteiger charge is 2.09. The first-order chi connectivity index (χ1) is 7.09. The predicted octanol–water partition coefficient (Wildman–Crippen LogP) is 1.03. The van der Waals surface area contributed by atoms with Gasteiger partial charge in [0, 0.05) is 5.57 Å². The van der Waals surface area contributed by atoms with Crippen molar-refractivity contribution in [2.24, 2.45) is 5.73 Å². The van der Waals surface area contributed by atoms with E-state index in [1.165, 1.54) is 6.08 Å². The summed E-state index contributed by atoms with van der Waals surface area (Å²) < 4.78 is 0. The largest absolute Gasteiger partial charge is 0.481 e. The average molecular weight is 205 g/mol. The van der Waals surface area contributed by atoms with Gasteiger partial charge in [-0.3, -0.25) is 9.59 Å². The summed E-state index contributed by atoms with van der Waals surface area (Å²) in [6.07, 6.45) is 1.13. The topological polar surface area (TPSA) is 80.4 Å². The van der Waals surface area contributed by atoms with Crippen LogP contribution in [0.3, 0.4) is 0 Å². The Balaban J connectivity index is 2.94. The number of carbonyl (C=O) groups is 2. The molecule has 15 heavy (non-hydrogen) atoms. The van der Waals surface area contributed by atoms with Crippen molar-refractivity contribution in [3.8, 4) is 0 Å². The molecule has 1 aromatic rings. The van der Waals surface area contributed by atoms with E-state index in [9.17, 15) is 9.59 Å². The fourth-order valence-corrected chi connectivity index (χ4v) is 1.12. The zero-order chi connectivity index (χ0) is 11.3. The molecule has 1 aromatic carbocycles. The highest BCUT2D eigenvalue weighted by molar-refractivity contribution is 6.00. The number of nitrogens with two attached hydrogens (primary N) is 1. The van der Waals surface area contributed by atoms with E-state index in [1.54, 1.807) is 24.3 Å². The van der Waals surface area contributed by atoms with Crippen LogP contribution in [0.4, 0.5) is 0 Å². The molecule has 0 heterocycles. The number of carboxylic acids is 1. The van der Waals surface area contributed by atoms with Gasteiger partial charge in [-0.1, -0.05) is 30.3 Å². The normalized spacial score (nSPS) is 11.1. The molecule has 78 valence electrons. The van der Waals surface area contributed by atoms with Crippen LogP contribution in [0.1, 0.15) is 12.0 Å². The third-order valence-corrected chi connectivity index (χ3v) is 1.80. The van der Waals surface area contributed by atoms with Crippen molar-refractivity contribution in [3.05, 3.63) is 41.5 Å². The molecule has 0 aliphatic carbocycles. The zero-order valence-electron chi connectivity index (χ0n) is 8.01. The van der Waals surface area contributed by atoms with Gasteiger partial charge in [-0.2, -0.15) is 0 Å². The van der Waals surface area contributed by atoms with Gasteiger partial charge in [0.1, 0.15) is 0 Å². The molecule has 0 atom stereocenters. The Hall–Kier alpha value is -2.10. The summed E-state index contributed by atoms with van der Waals surface area (Å²) in [6, 6.07) is 8.96. The maximum atomic E-state index is 10.9. The fraction of sp³-hybridized carbons (Fsp3) is 0.0909. The summed E-state index contributed by atoms with van der Waals surface area (Å²) in [5.41, 5.74) is 5.91. The van der Waals surface area contributed by atoms with Crippen LogP contribution in [0.15, 0.2) is 35.9 Å². The Morgan fingerprint density at radius 1 is 1.27 bits per heavy atom. The van der Waals surface area contributed by atoms with Gasteiger partial charge in [-0.05, 0) is 11.6 Å². The van der Waals surface area contributed by atoms with Gasteiger partial charge in [-0.25, -0.2) is 0 Å². The molecule has 1 rings (SSSR count). The van der Waals surface area contributed by atoms with Crippen LogP contribution in [0, 0.1) is 0 Å². The summed E-state index contributed by atoms with van der Waals surface area (Å²) in [5.74, 6) is -1.78. The van der Waals surface area contributed by atoms with Gasteiger partial charge in [0.15, 0.2) is 0 Å². The van der Waals surface area contributed by atoms with Crippen LogP contribution in [0.5, 0.6) is 0 Å². The van der Waals surface area contributed by atoms with E-state index in [-0.39, 0.29) is 12.0 Å². The molecule has 0 unspecified atom stereocenters. The Bertz CT molecular complexity index is 396. The Morgan fingerprint density at radius 3 is 2.33 bits per heavy atom. The Labute approximate surface area is 87.0 Å². The average Bonchev–Trinajstić information content (AvgIpc) is 2.17. The summed E-state index contributed by atoms with van der Waals surface area (Å²) in [7, 11) is 0. The second kappa shape index (κ2) is 4.95. The van der Waals surface area contributed by atoms with Crippen LogP contribution in [-0.4, -0.2) is 17.0 Å². The number of aliphatic carboxylic acids is 1. The number of benzene rings is 1. The van der Waals surface area contributed by atoms with Crippen LogP contribution >= 0.6 is 0 Å². The fourth-order valence-electron chi connectivity index (χ4n) is 1.12. The summed E-state index contributed by atoms with van der Waals surface area (Å²) in [5, 5.41) is 8.56. The highest BCUT2D eigenvalue weighted by Crippen LogP contribution is 2.09. The molecule has 0 saturated heterocycles. The number of amides is 1. The van der Waals surface area contributed by atoms with E-state index in [0.29, 0.717) is 0 Å². The minimum Gasteiger partial charge on any atom is -0.481 e. The number of hydrogen-bond donors (Lipinski definition) is 2. The molecule has 0 aliphatic heterocycles. The lowest BCUT2D eigenvalue weighted by Gasteiger charge is -1.99. The summed E-state index contributed by atoms with van der Waals surface area (Å²) in [4.78, 5) is 21.4. The minimum absolute atomic E-state index is 0.0914. The molecule has 0 spiro atoms. The first-order valence-electron chi connectivity index (χ1n) is 4.37. The molecular weight excluding hydrogens is 194 g/mol. The highest BCUT2D eigenvalue weighted by atomic mass is 16.4. The SMILES string of the molecule is NC(=O)C(=Cc1ccccc1)CC(=O)O. The van der Waals surface area contributed by atoms with E-state index in [1.807, 2.05) is 6.07 Å². The first-order valence-corrected chi connectivity index (χ1v) is 4.37. The van der Waals surface area contributed by atoms with E-state index < -0.39 is 11.9 Å². The Kier molecular flexibility index (Phi) is 3.62. The molecular formula is C11H11NO3. The third-order valence-electron chi connectivity index (χ3n) is 1.80. The van der Waals surface area contributed by atoms with Crippen molar-refractivity contribution in [1.82, 2.24) is 0 Å². The lowest BCUT2D eigenvalue weighted by atomic mass is 10.1. The van der Waals surface area contributed by atoms with Gasteiger partial charge in [-0.15, -0.1) is 0 Å². The van der Waals surface area contributed by atoms with Crippen LogP contribution in [0.2, 0.25) is 0 Å². The van der Waals surface area contributed by atoms with Gasteiger partial charge < -0.3 is 10.8 Å². The van der Waals surface area contributed by atoms with Gasteiger partial charge in [0.2, 0.25) is 5.91 Å². The van der Waals surface area contributed by atoms with Crippen molar-refractivity contribution in [1.29, 1.82) is 0 Å². The zero-order valence-corrected chi connectivity index (χ0v) is 8.01. The second-order valence-corrected chi connectivity index (χ2v) is 3.02. The van der Waals surface area contributed by atoms with E-state index in [4.69, 9.17) is 10.8 Å². The van der Waals surface area contributed by atoms with E-state index >= 15 is 0 Å². The summed E-state index contributed by atoms with van der Waals surface area (Å²) in [6.45, 7) is 0. The van der Waals surface area contributed by atoms with Crippen LogP contribution in [-0.2, 0) is 9.59 Å². The Morgan fingerprint density at radius 2 is 1.87 bits per heavy atom. The molecule has 0 saturated carbocycles. The molecule has 1 amide bonds. The standard InChI is InChI=1S/C11H11NO3/c12-11(15)9(7-10(13)14)6-8-4-2-1-3-5-8/h1-6H,7H2,(H2,12,15)(H,13,14). The van der Waals surface area contributed by atoms with Crippen LogP contribution in [0.25, 0.3) is 6.08 Å². The van der Waals surface area contributed by atoms with Crippen molar-refractivity contribution >= 4 is 18.0 Å². The number of hydrogen-bond acceptors (Lipinski definition) is 2. The van der Waals surface area contributed by atoms with E-state index in [0.717, 1.165) is 5.56 Å². The lowest BCUT2D eigenvalue weighted by molar-refractivity contribution is -0.136. The predicted molar refractivity (Wildman–Crippen MR) is 55.9 cm³/mol. The molecule has 3 N–H and O–H groups in total. The number of primary amides is 1. The van der Waals surface area contributed by atoms with Gasteiger partial charge in [0.25, 0.3) is 0 Å². The summed E-state index contributed by atoms with van der Waals surface area (Å²) >= 11 is 0. The molecule has 4 nitrogen and oxygen atoms in total. The minimum atomic E-state index is -1.07. The van der Waals surface area contributed by atoms with Crippen molar-refractivity contribution in [2.45, 2.75) is 6.42 Å². The van der Waals surface area contributed by atoms with E-state index in [2.05, 4.69) is 0 Å². The van der Waals surface area contributed by atoms with Crippen molar-refractivity contribution < 1.29 is 14.7 Å². The van der Waals surface area contributed by atoms with Crippen molar-refractivity contribution in [3.63, 3.8) is 0 Å². The molecule has 4 heteroatoms. The van der Waals surface area contributed by atoms with Gasteiger partial charge in [0.05, 0.1) is 6.42 Å². The number of carbonyl (C=O) groups excluding carboxylic acids is 1. The van der Waals surface area contributed by atoms with Crippen LogP contribution < -0.4 is 5.73 Å². The van der Waals surface area contributed by atoms with Crippen molar-refractivity contribution in [2.75, 3.05) is 0 Å². The number of rotatable bonds is 4. The third kappa shape index (κ3) is 3.64. The molecule has 0 aliphatic rings. The monoisotopic (exact) mass is 205 g/mol. The second-order valence-electron chi connectivity index (χ2n) is 3.02. The lowest BCUT2D eigenvalue weighted by Crippen LogP contribution is -2.16. The molecule has 0 fully saturated rings. The number of carboxylic acid groups (broad SMARTS) is 1. The smallest absolute Gasteiger partial charge is 0.308 e. The molecule has 0 aromatic heterocycles. The molecule has 0 radical (unpaired) electrons. The maximum Gasteiger partial charge on any atom is 0.308 e. The quantitative estimate of drug-likeness (QED) is 0.720. The maximum absolute atomic E-state index is 10.9.